The highest BCUT2D eigenvalue weighted by Crippen LogP contribution is 2.50. The number of aromatic carboxylic acids is 1. The number of benzene rings is 2. The Hall–Kier alpha value is -3.39. The van der Waals surface area contributed by atoms with Crippen molar-refractivity contribution in [2.75, 3.05) is 11.9 Å². The smallest absolute Gasteiger partial charge is 0.346 e. The fraction of sp³-hybridized carbons (Fsp3) is 0.280. The number of ether oxygens (including phenoxy) is 2. The summed E-state index contributed by atoms with van der Waals surface area (Å²) >= 11 is 1.13. The second-order valence-electron chi connectivity index (χ2n) is 7.97. The average Bonchev–Trinajstić information content (AvgIpc) is 3.14. The lowest BCUT2D eigenvalue weighted by Gasteiger charge is -2.25. The van der Waals surface area contributed by atoms with Crippen molar-refractivity contribution in [3.63, 3.8) is 0 Å². The molecule has 1 atom stereocenters. The summed E-state index contributed by atoms with van der Waals surface area (Å²) in [6.07, 6.45) is 0.140. The van der Waals surface area contributed by atoms with Crippen LogP contribution in [0.4, 0.5) is 10.1 Å². The van der Waals surface area contributed by atoms with E-state index in [0.717, 1.165) is 21.8 Å². The number of nitrogens with one attached hydrogen (secondary N) is 1. The van der Waals surface area contributed by atoms with E-state index < -0.39 is 11.8 Å². The van der Waals surface area contributed by atoms with E-state index in [1.165, 1.54) is 24.3 Å². The van der Waals surface area contributed by atoms with Crippen molar-refractivity contribution in [3.05, 3.63) is 63.6 Å². The maximum absolute atomic E-state index is 13.5. The van der Waals surface area contributed by atoms with Gasteiger partial charge in [0, 0.05) is 22.8 Å². The first-order valence-electron chi connectivity index (χ1n) is 10.7. The third-order valence-corrected chi connectivity index (χ3v) is 6.56. The normalized spacial score (nSPS) is 15.2. The molecule has 1 amide bonds. The Labute approximate surface area is 195 Å². The second-order valence-corrected chi connectivity index (χ2v) is 9.02. The molecule has 0 radical (unpaired) electrons. The highest BCUT2D eigenvalue weighted by Gasteiger charge is 2.35. The van der Waals surface area contributed by atoms with Gasteiger partial charge in [-0.15, -0.1) is 11.3 Å². The fourth-order valence-corrected chi connectivity index (χ4v) is 5.21. The monoisotopic (exact) mass is 469 g/mol. The molecule has 0 aliphatic carbocycles. The van der Waals surface area contributed by atoms with Crippen LogP contribution in [-0.2, 0) is 4.79 Å². The molecule has 2 heterocycles. The lowest BCUT2D eigenvalue weighted by molar-refractivity contribution is -0.116. The molecule has 0 spiro atoms. The van der Waals surface area contributed by atoms with Crippen LogP contribution in [0.15, 0.2) is 42.5 Å². The van der Waals surface area contributed by atoms with Gasteiger partial charge >= 0.3 is 5.97 Å². The van der Waals surface area contributed by atoms with Crippen molar-refractivity contribution >= 4 is 28.9 Å². The molecule has 0 saturated heterocycles. The van der Waals surface area contributed by atoms with Gasteiger partial charge in [0.25, 0.3) is 0 Å². The molecule has 1 aliphatic rings. The second kappa shape index (κ2) is 9.23. The third kappa shape index (κ3) is 4.57. The summed E-state index contributed by atoms with van der Waals surface area (Å²) in [5.74, 6) is -0.902. The van der Waals surface area contributed by atoms with Crippen LogP contribution < -0.4 is 14.8 Å². The zero-order chi connectivity index (χ0) is 23.7. The number of rotatable bonds is 7. The van der Waals surface area contributed by atoms with Gasteiger partial charge < -0.3 is 19.9 Å². The van der Waals surface area contributed by atoms with Gasteiger partial charge in [0.1, 0.15) is 10.7 Å². The molecule has 0 bridgehead atoms. The first kappa shape index (κ1) is 22.8. The molecule has 2 N–H and O–H groups in total. The lowest BCUT2D eigenvalue weighted by Crippen LogP contribution is -2.22. The van der Waals surface area contributed by atoms with Gasteiger partial charge in [-0.3, -0.25) is 4.79 Å². The van der Waals surface area contributed by atoms with E-state index in [4.69, 9.17) is 9.47 Å². The average molecular weight is 470 g/mol. The predicted molar refractivity (Wildman–Crippen MR) is 125 cm³/mol. The number of carboxylic acid groups (broad SMARTS) is 1. The van der Waals surface area contributed by atoms with E-state index in [9.17, 15) is 19.1 Å². The molecule has 172 valence electrons. The van der Waals surface area contributed by atoms with Crippen molar-refractivity contribution in [1.29, 1.82) is 0 Å². The quantitative estimate of drug-likeness (QED) is 0.449. The molecule has 0 fully saturated rings. The first-order chi connectivity index (χ1) is 15.8. The molecule has 6 nitrogen and oxygen atoms in total. The van der Waals surface area contributed by atoms with Gasteiger partial charge in [0.15, 0.2) is 11.5 Å². The van der Waals surface area contributed by atoms with Crippen molar-refractivity contribution in [3.8, 4) is 22.6 Å². The minimum absolute atomic E-state index is 0.0317. The van der Waals surface area contributed by atoms with Gasteiger partial charge in [0.2, 0.25) is 5.91 Å². The van der Waals surface area contributed by atoms with Crippen molar-refractivity contribution in [1.82, 2.24) is 0 Å². The predicted octanol–water partition coefficient (Wildman–Crippen LogP) is 5.91. The van der Waals surface area contributed by atoms with E-state index in [2.05, 4.69) is 5.32 Å². The Morgan fingerprint density at radius 1 is 1.21 bits per heavy atom. The molecular weight excluding hydrogens is 445 g/mol. The number of hydrogen-bond donors (Lipinski definition) is 2. The number of thiophene rings is 1. The van der Waals surface area contributed by atoms with Crippen LogP contribution in [0.25, 0.3) is 11.1 Å². The van der Waals surface area contributed by atoms with E-state index in [0.29, 0.717) is 34.9 Å². The molecule has 2 aromatic carbocycles. The Bertz CT molecular complexity index is 1200. The number of fused-ring (bicyclic) bond motifs is 1. The van der Waals surface area contributed by atoms with Crippen LogP contribution in [0.5, 0.6) is 11.5 Å². The summed E-state index contributed by atoms with van der Waals surface area (Å²) < 4.78 is 25.1. The molecule has 33 heavy (non-hydrogen) atoms. The zero-order valence-corrected chi connectivity index (χ0v) is 19.3. The number of amides is 1. The van der Waals surface area contributed by atoms with Gasteiger partial charge in [-0.05, 0) is 56.2 Å². The first-order valence-corrected chi connectivity index (χ1v) is 11.5. The maximum Gasteiger partial charge on any atom is 0.346 e. The Balaban J connectivity index is 1.85. The number of hydrogen-bond acceptors (Lipinski definition) is 5. The van der Waals surface area contributed by atoms with Crippen LogP contribution in [-0.4, -0.2) is 29.7 Å². The fourth-order valence-electron chi connectivity index (χ4n) is 3.96. The summed E-state index contributed by atoms with van der Waals surface area (Å²) in [5, 5.41) is 12.7. The van der Waals surface area contributed by atoms with Gasteiger partial charge in [-0.1, -0.05) is 18.2 Å². The summed E-state index contributed by atoms with van der Waals surface area (Å²) in [7, 11) is 0. The minimum Gasteiger partial charge on any atom is -0.490 e. The van der Waals surface area contributed by atoms with E-state index in [-0.39, 0.29) is 29.2 Å². The molecule has 0 unspecified atom stereocenters. The Morgan fingerprint density at radius 2 is 1.94 bits per heavy atom. The largest absolute Gasteiger partial charge is 0.490 e. The van der Waals surface area contributed by atoms with Gasteiger partial charge in [-0.25, -0.2) is 9.18 Å². The molecule has 1 aliphatic heterocycles. The number of anilines is 1. The van der Waals surface area contributed by atoms with Crippen LogP contribution in [0.2, 0.25) is 0 Å². The van der Waals surface area contributed by atoms with Crippen molar-refractivity contribution in [2.24, 2.45) is 0 Å². The topological polar surface area (TPSA) is 84.9 Å². The van der Waals surface area contributed by atoms with Gasteiger partial charge in [0.05, 0.1) is 18.4 Å². The van der Waals surface area contributed by atoms with Crippen molar-refractivity contribution in [2.45, 2.75) is 39.2 Å². The van der Waals surface area contributed by atoms with E-state index >= 15 is 0 Å². The van der Waals surface area contributed by atoms with Gasteiger partial charge in [-0.2, -0.15) is 0 Å². The number of carboxylic acids is 1. The molecule has 3 aromatic rings. The minimum atomic E-state index is -1.10. The maximum atomic E-state index is 13.5. The van der Waals surface area contributed by atoms with Crippen LogP contribution in [0.3, 0.4) is 0 Å². The number of halogens is 1. The van der Waals surface area contributed by atoms with Crippen LogP contribution in [0, 0.1) is 5.82 Å². The highest BCUT2D eigenvalue weighted by molar-refractivity contribution is 7.15. The standard InChI is InChI=1S/C25H24FNO5S/c1-4-31-19-11-15(7-10-18(19)32-13(2)3)17-12-20(28)27-22-21(14-5-8-16(26)9-6-14)24(25(29)30)33-23(17)22/h5-11,13,17H,4,12H2,1-3H3,(H,27,28)(H,29,30)/t17-/m0/s1. The van der Waals surface area contributed by atoms with E-state index in [1.54, 1.807) is 0 Å². The molecule has 4 rings (SSSR count). The summed E-state index contributed by atoms with van der Waals surface area (Å²) in [5.41, 5.74) is 2.22. The molecule has 0 saturated carbocycles. The molecular formula is C25H24FNO5S. The van der Waals surface area contributed by atoms with Crippen LogP contribution >= 0.6 is 11.3 Å². The Morgan fingerprint density at radius 3 is 2.58 bits per heavy atom. The summed E-state index contributed by atoms with van der Waals surface area (Å²) in [4.78, 5) is 25.6. The highest BCUT2D eigenvalue weighted by atomic mass is 32.1. The molecule has 1 aromatic heterocycles. The van der Waals surface area contributed by atoms with Crippen molar-refractivity contribution < 1.29 is 28.6 Å². The van der Waals surface area contributed by atoms with E-state index in [1.807, 2.05) is 39.0 Å². The molecule has 8 heteroatoms. The number of carbonyl (C=O) groups excluding carboxylic acids is 1. The SMILES string of the molecule is CCOc1cc([C@@H]2CC(=O)Nc3c2sc(C(=O)O)c3-c2ccc(F)cc2)ccc1OC(C)C. The summed E-state index contributed by atoms with van der Waals surface area (Å²) in [6.45, 7) is 6.19. The third-order valence-electron chi connectivity index (χ3n) is 5.27. The van der Waals surface area contributed by atoms with Crippen LogP contribution in [0.1, 0.15) is 53.2 Å². The Kier molecular flexibility index (Phi) is 6.37. The summed E-state index contributed by atoms with van der Waals surface area (Å²) in [6, 6.07) is 11.1. The lowest BCUT2D eigenvalue weighted by atomic mass is 9.88. The zero-order valence-electron chi connectivity index (χ0n) is 18.5. The number of carbonyl (C=O) groups is 2.